The van der Waals surface area contributed by atoms with Gasteiger partial charge in [-0.2, -0.15) is 0 Å². The van der Waals surface area contributed by atoms with Gasteiger partial charge in [0.25, 0.3) is 0 Å². The van der Waals surface area contributed by atoms with Crippen LogP contribution in [0.1, 0.15) is 6.42 Å². The van der Waals surface area contributed by atoms with E-state index < -0.39 is 5.92 Å². The maximum absolute atomic E-state index is 12.5. The van der Waals surface area contributed by atoms with Gasteiger partial charge in [-0.05, 0) is 46.3 Å². The Kier molecular flexibility index (Phi) is 5.58. The van der Waals surface area contributed by atoms with Crippen LogP contribution in [0.2, 0.25) is 15.1 Å². The van der Waals surface area contributed by atoms with Crippen LogP contribution in [-0.4, -0.2) is 18.4 Å². The SMILES string of the molecule is O=C(Nc1ccc(Br)c(Cl)c1)[C@H]1CC(=O)N(c2cccc(Cl)c2Cl)C1. The Balaban J connectivity index is 1.74. The standard InChI is InChI=1S/C17H12BrCl3N2O2/c18-11-5-4-10(7-13(11)20)22-17(25)9-6-15(24)23(8-9)14-3-1-2-12(19)16(14)21/h1-5,7,9H,6,8H2,(H,22,25)/t9-/m0/s1. The molecule has 2 amide bonds. The number of amides is 2. The first-order chi connectivity index (χ1) is 11.9. The van der Waals surface area contributed by atoms with Gasteiger partial charge in [0.05, 0.1) is 26.7 Å². The first-order valence-corrected chi connectivity index (χ1v) is 9.30. The second-order valence-corrected chi connectivity index (χ2v) is 7.64. The molecule has 4 nitrogen and oxygen atoms in total. The van der Waals surface area contributed by atoms with E-state index in [1.54, 1.807) is 36.4 Å². The number of nitrogens with one attached hydrogen (secondary N) is 1. The normalized spacial score (nSPS) is 17.0. The number of carbonyl (C=O) groups is 2. The Labute approximate surface area is 168 Å². The minimum Gasteiger partial charge on any atom is -0.326 e. The van der Waals surface area contributed by atoms with Crippen LogP contribution in [0.25, 0.3) is 0 Å². The summed E-state index contributed by atoms with van der Waals surface area (Å²) < 4.78 is 0.741. The molecule has 0 spiro atoms. The molecule has 0 radical (unpaired) electrons. The number of hydrogen-bond acceptors (Lipinski definition) is 2. The van der Waals surface area contributed by atoms with Gasteiger partial charge in [-0.15, -0.1) is 0 Å². The quantitative estimate of drug-likeness (QED) is 0.664. The molecule has 1 aliphatic rings. The topological polar surface area (TPSA) is 49.4 Å². The van der Waals surface area contributed by atoms with E-state index in [-0.39, 0.29) is 24.8 Å². The lowest BCUT2D eigenvalue weighted by atomic mass is 10.1. The number of carbonyl (C=O) groups excluding carboxylic acids is 2. The van der Waals surface area contributed by atoms with Gasteiger partial charge < -0.3 is 10.2 Å². The Morgan fingerprint density at radius 3 is 2.64 bits per heavy atom. The number of halogens is 4. The van der Waals surface area contributed by atoms with Crippen molar-refractivity contribution < 1.29 is 9.59 Å². The van der Waals surface area contributed by atoms with E-state index in [4.69, 9.17) is 34.8 Å². The lowest BCUT2D eigenvalue weighted by Crippen LogP contribution is -2.28. The lowest BCUT2D eigenvalue weighted by Gasteiger charge is -2.18. The van der Waals surface area contributed by atoms with Gasteiger partial charge in [-0.1, -0.05) is 40.9 Å². The summed E-state index contributed by atoms with van der Waals surface area (Å²) in [6.07, 6.45) is 0.110. The monoisotopic (exact) mass is 460 g/mol. The van der Waals surface area contributed by atoms with E-state index in [2.05, 4.69) is 21.2 Å². The highest BCUT2D eigenvalue weighted by Gasteiger charge is 2.36. The minimum absolute atomic E-state index is 0.110. The Morgan fingerprint density at radius 1 is 1.16 bits per heavy atom. The highest BCUT2D eigenvalue weighted by atomic mass is 79.9. The minimum atomic E-state index is -0.482. The van der Waals surface area contributed by atoms with Crippen molar-refractivity contribution in [2.45, 2.75) is 6.42 Å². The molecular weight excluding hydrogens is 450 g/mol. The molecule has 8 heteroatoms. The van der Waals surface area contributed by atoms with Gasteiger partial charge in [-0.25, -0.2) is 0 Å². The predicted molar refractivity (Wildman–Crippen MR) is 105 cm³/mol. The fourth-order valence-electron chi connectivity index (χ4n) is 2.64. The summed E-state index contributed by atoms with van der Waals surface area (Å²) in [5.74, 6) is -0.893. The Morgan fingerprint density at radius 2 is 1.92 bits per heavy atom. The van der Waals surface area contributed by atoms with Crippen LogP contribution in [0.4, 0.5) is 11.4 Å². The number of hydrogen-bond donors (Lipinski definition) is 1. The van der Waals surface area contributed by atoms with Gasteiger partial charge in [0.1, 0.15) is 0 Å². The molecule has 0 aromatic heterocycles. The van der Waals surface area contributed by atoms with Crippen LogP contribution in [0.5, 0.6) is 0 Å². The molecule has 2 aromatic carbocycles. The van der Waals surface area contributed by atoms with Crippen molar-refractivity contribution in [2.24, 2.45) is 5.92 Å². The van der Waals surface area contributed by atoms with E-state index in [1.807, 2.05) is 0 Å². The summed E-state index contributed by atoms with van der Waals surface area (Å²) in [5, 5.41) is 3.95. The van der Waals surface area contributed by atoms with Crippen molar-refractivity contribution in [1.82, 2.24) is 0 Å². The van der Waals surface area contributed by atoms with Crippen LogP contribution >= 0.6 is 50.7 Å². The van der Waals surface area contributed by atoms with Crippen molar-refractivity contribution in [2.75, 3.05) is 16.8 Å². The van der Waals surface area contributed by atoms with Crippen molar-refractivity contribution >= 4 is 73.9 Å². The Hall–Kier alpha value is -1.27. The molecule has 3 rings (SSSR count). The third kappa shape index (κ3) is 3.95. The van der Waals surface area contributed by atoms with E-state index in [1.165, 1.54) is 4.90 Å². The maximum atomic E-state index is 12.5. The molecule has 130 valence electrons. The molecule has 1 saturated heterocycles. The van der Waals surface area contributed by atoms with E-state index in [0.29, 0.717) is 26.4 Å². The van der Waals surface area contributed by atoms with Crippen molar-refractivity contribution in [3.05, 3.63) is 55.9 Å². The van der Waals surface area contributed by atoms with Crippen LogP contribution in [0.15, 0.2) is 40.9 Å². The number of nitrogens with zero attached hydrogens (tertiary/aromatic N) is 1. The molecule has 1 N–H and O–H groups in total. The van der Waals surface area contributed by atoms with E-state index in [0.717, 1.165) is 4.47 Å². The van der Waals surface area contributed by atoms with E-state index >= 15 is 0 Å². The smallest absolute Gasteiger partial charge is 0.229 e. The number of anilines is 2. The highest BCUT2D eigenvalue weighted by Crippen LogP contribution is 2.36. The molecule has 1 aliphatic heterocycles. The van der Waals surface area contributed by atoms with Gasteiger partial charge in [0, 0.05) is 23.1 Å². The van der Waals surface area contributed by atoms with Crippen LogP contribution in [0.3, 0.4) is 0 Å². The summed E-state index contributed by atoms with van der Waals surface area (Å²) in [5.41, 5.74) is 1.09. The first kappa shape index (κ1) is 18.5. The Bertz CT molecular complexity index is 860. The van der Waals surface area contributed by atoms with Crippen LogP contribution in [0, 0.1) is 5.92 Å². The molecular formula is C17H12BrCl3N2O2. The van der Waals surface area contributed by atoms with Gasteiger partial charge in [0.15, 0.2) is 0 Å². The number of benzene rings is 2. The fourth-order valence-corrected chi connectivity index (χ4v) is 3.46. The third-order valence-electron chi connectivity index (χ3n) is 3.90. The molecule has 0 unspecified atom stereocenters. The fraction of sp³-hybridized carbons (Fsp3) is 0.176. The lowest BCUT2D eigenvalue weighted by molar-refractivity contribution is -0.122. The van der Waals surface area contributed by atoms with Crippen LogP contribution in [-0.2, 0) is 9.59 Å². The van der Waals surface area contributed by atoms with Crippen molar-refractivity contribution in [3.8, 4) is 0 Å². The molecule has 0 saturated carbocycles. The average Bonchev–Trinajstić information content (AvgIpc) is 2.95. The summed E-state index contributed by atoms with van der Waals surface area (Å²) >= 11 is 21.5. The molecule has 1 atom stereocenters. The predicted octanol–water partition coefficient (Wildman–Crippen LogP) is 5.40. The molecule has 0 bridgehead atoms. The highest BCUT2D eigenvalue weighted by molar-refractivity contribution is 9.10. The zero-order valence-electron chi connectivity index (χ0n) is 12.7. The average molecular weight is 463 g/mol. The van der Waals surface area contributed by atoms with Crippen LogP contribution < -0.4 is 10.2 Å². The third-order valence-corrected chi connectivity index (χ3v) is 5.95. The molecule has 1 heterocycles. The second kappa shape index (κ2) is 7.54. The second-order valence-electron chi connectivity index (χ2n) is 5.60. The largest absolute Gasteiger partial charge is 0.326 e. The van der Waals surface area contributed by atoms with Crippen molar-refractivity contribution in [1.29, 1.82) is 0 Å². The number of rotatable bonds is 3. The molecule has 2 aromatic rings. The summed E-state index contributed by atoms with van der Waals surface area (Å²) in [7, 11) is 0. The molecule has 25 heavy (non-hydrogen) atoms. The molecule has 0 aliphatic carbocycles. The maximum Gasteiger partial charge on any atom is 0.229 e. The molecule has 1 fully saturated rings. The summed E-state index contributed by atoms with van der Waals surface area (Å²) in [6, 6.07) is 10.2. The summed E-state index contributed by atoms with van der Waals surface area (Å²) in [6.45, 7) is 0.245. The van der Waals surface area contributed by atoms with Gasteiger partial charge >= 0.3 is 0 Å². The van der Waals surface area contributed by atoms with Gasteiger partial charge in [-0.3, -0.25) is 9.59 Å². The van der Waals surface area contributed by atoms with E-state index in [9.17, 15) is 9.59 Å². The zero-order chi connectivity index (χ0) is 18.1. The first-order valence-electron chi connectivity index (χ1n) is 7.37. The van der Waals surface area contributed by atoms with Gasteiger partial charge in [0.2, 0.25) is 11.8 Å². The van der Waals surface area contributed by atoms with Crippen molar-refractivity contribution in [3.63, 3.8) is 0 Å². The summed E-state index contributed by atoms with van der Waals surface area (Å²) in [4.78, 5) is 26.3. The zero-order valence-corrected chi connectivity index (χ0v) is 16.6.